The quantitative estimate of drug-likeness (QED) is 0.107. The second-order valence-corrected chi connectivity index (χ2v) is 22.5. The monoisotopic (exact) mass is 1020 g/mol. The van der Waals surface area contributed by atoms with Gasteiger partial charge < -0.3 is 14.0 Å². The Morgan fingerprint density at radius 2 is 1.53 bits per heavy atom. The Morgan fingerprint density at radius 3 is 2.21 bits per heavy atom. The van der Waals surface area contributed by atoms with E-state index in [1.54, 1.807) is 18.5 Å². The molecule has 0 saturated carbocycles. The number of nitrogens with zero attached hydrogens (tertiary/aromatic N) is 4. The molecule has 4 aromatic heterocycles. The van der Waals surface area contributed by atoms with Crippen LogP contribution < -0.4 is 5.19 Å². The van der Waals surface area contributed by atoms with Gasteiger partial charge in [-0.1, -0.05) is 133 Å². The number of hydrogen-bond donors (Lipinski definition) is 0. The third-order valence-corrected chi connectivity index (χ3v) is 12.9. The SMILES string of the molecule is CC(C)c1cc(-c2ccccc2)cc(C(C)C)c1-n1c(-c2[c-]ccc3c2oc2ncccc23)nc2ccccc21.[2H]c1[c-]c(-c2cc(C([2H])([2H])C(C)C)c([Si](C)(C)C)cn2)cc([2H])c1C([2H])([2H])[2H].[Ir]. The number of imidazole rings is 1. The van der Waals surface area contributed by atoms with Crippen LogP contribution in [0.4, 0.5) is 0 Å². The van der Waals surface area contributed by atoms with E-state index in [1.165, 1.54) is 34.0 Å². The number of pyridine rings is 2. The topological polar surface area (TPSA) is 56.7 Å². The van der Waals surface area contributed by atoms with Crippen molar-refractivity contribution in [1.82, 2.24) is 19.5 Å². The summed E-state index contributed by atoms with van der Waals surface area (Å²) in [4.78, 5) is 14.1. The van der Waals surface area contributed by atoms with Gasteiger partial charge in [0.05, 0.1) is 30.5 Å². The van der Waals surface area contributed by atoms with Gasteiger partial charge in [-0.25, -0.2) is 4.98 Å². The average molecular weight is 1020 g/mol. The van der Waals surface area contributed by atoms with E-state index in [-0.39, 0.29) is 43.7 Å². The van der Waals surface area contributed by atoms with E-state index < -0.39 is 21.3 Å². The van der Waals surface area contributed by atoms with Crippen molar-refractivity contribution in [3.05, 3.63) is 162 Å². The van der Waals surface area contributed by atoms with Crippen molar-refractivity contribution < 1.29 is 34.1 Å². The summed E-state index contributed by atoms with van der Waals surface area (Å²) in [6.07, 6.45) is 1.89. The zero-order valence-corrected chi connectivity index (χ0v) is 40.1. The van der Waals surface area contributed by atoms with Crippen LogP contribution in [-0.4, -0.2) is 27.6 Å². The third kappa shape index (κ3) is 9.03. The van der Waals surface area contributed by atoms with Crippen molar-refractivity contribution in [3.63, 3.8) is 0 Å². The van der Waals surface area contributed by atoms with Crippen molar-refractivity contribution in [2.24, 2.45) is 5.92 Å². The fraction of sp³-hybridized carbons (Fsp3) is 0.255. The van der Waals surface area contributed by atoms with Gasteiger partial charge in [-0.05, 0) is 93.7 Å². The number of benzene rings is 5. The first-order valence-electron chi connectivity index (χ1n) is 24.5. The molecule has 0 N–H and O–H groups in total. The fourth-order valence-corrected chi connectivity index (χ4v) is 9.30. The van der Waals surface area contributed by atoms with Crippen molar-refractivity contribution in [3.8, 4) is 39.5 Å². The van der Waals surface area contributed by atoms with Gasteiger partial charge in [-0.15, -0.1) is 53.5 Å². The van der Waals surface area contributed by atoms with E-state index in [1.807, 2.05) is 38.1 Å². The normalized spacial score (nSPS) is 13.8. The van der Waals surface area contributed by atoms with Gasteiger partial charge in [0, 0.05) is 53.2 Å². The van der Waals surface area contributed by atoms with Crippen molar-refractivity contribution in [2.75, 3.05) is 0 Å². The van der Waals surface area contributed by atoms with Crippen LogP contribution in [0.15, 0.2) is 132 Å². The molecule has 9 aromatic rings. The first-order chi connectivity index (χ1) is 32.1. The molecule has 0 atom stereocenters. The van der Waals surface area contributed by atoms with Crippen LogP contribution in [0.25, 0.3) is 72.6 Å². The Morgan fingerprint density at radius 1 is 0.806 bits per heavy atom. The molecule has 0 fully saturated rings. The Kier molecular flexibility index (Phi) is 10.8. The van der Waals surface area contributed by atoms with Crippen LogP contribution in [0.5, 0.6) is 0 Å². The van der Waals surface area contributed by atoms with Crippen LogP contribution in [0.2, 0.25) is 19.6 Å². The minimum atomic E-state index is -2.56. The van der Waals surface area contributed by atoms with Gasteiger partial charge in [0.25, 0.3) is 0 Å². The van der Waals surface area contributed by atoms with Crippen LogP contribution in [0.3, 0.4) is 0 Å². The Labute approximate surface area is 391 Å². The molecule has 0 aliphatic carbocycles. The van der Waals surface area contributed by atoms with Crippen LogP contribution >= 0.6 is 0 Å². The molecule has 62 heavy (non-hydrogen) atoms. The van der Waals surface area contributed by atoms with Gasteiger partial charge >= 0.3 is 0 Å². The number of furan rings is 1. The minimum Gasteiger partial charge on any atom is -0.486 e. The summed E-state index contributed by atoms with van der Waals surface area (Å²) >= 11 is 0. The molecule has 0 unspecified atom stereocenters. The van der Waals surface area contributed by atoms with Gasteiger partial charge in [-0.3, -0.25) is 4.98 Å². The maximum atomic E-state index is 8.60. The van der Waals surface area contributed by atoms with Gasteiger partial charge in [0.2, 0.25) is 5.71 Å². The summed E-state index contributed by atoms with van der Waals surface area (Å²) in [5.41, 5.74) is 11.4. The Balaban J connectivity index is 0.000000215. The largest absolute Gasteiger partial charge is 0.486 e. The molecule has 0 saturated heterocycles. The molecule has 0 bridgehead atoms. The van der Waals surface area contributed by atoms with Gasteiger partial charge in [0.1, 0.15) is 0 Å². The van der Waals surface area contributed by atoms with Crippen LogP contribution in [-0.2, 0) is 26.5 Å². The maximum Gasteiger partial charge on any atom is 0.216 e. The molecule has 317 valence electrons. The number of aromatic nitrogens is 4. The summed E-state index contributed by atoms with van der Waals surface area (Å²) in [5.74, 6) is 1.15. The predicted molar refractivity (Wildman–Crippen MR) is 259 cm³/mol. The molecule has 0 aliphatic rings. The molecular formula is C55H56IrN4OSi-2. The maximum absolute atomic E-state index is 8.60. The van der Waals surface area contributed by atoms with Crippen LogP contribution in [0.1, 0.15) is 85.2 Å². The predicted octanol–water partition coefficient (Wildman–Crippen LogP) is 14.3. The van der Waals surface area contributed by atoms with Gasteiger partial charge in [-0.2, -0.15) is 0 Å². The number of fused-ring (bicyclic) bond motifs is 4. The first-order valence-corrected chi connectivity index (χ1v) is 24.5. The molecule has 1 radical (unpaired) electrons. The summed E-state index contributed by atoms with van der Waals surface area (Å²) in [6.45, 7) is 16.6. The molecule has 5 nitrogen and oxygen atoms in total. The standard InChI is InChI=1S/C36H30N3O.C19H26NSi.Ir/c1-22(2)29-20-25(24-12-6-5-7-13-24)21-30(23(3)4)33(29)39-32-18-9-8-17-31(32)38-35(39)28-15-10-14-26-27-16-11-19-37-36(27)40-34(26)28;1-14(2)11-17-12-18(16-9-7-15(3)8-10-16)20-13-19(17)21(4,5)6;/h5-14,16-23H,1-4H3;7-9,12-14H,11H2,1-6H3;/q2*-1;/i;3D3,7D,8D,11D2;. The van der Waals surface area contributed by atoms with Crippen molar-refractivity contribution in [1.29, 1.82) is 0 Å². The van der Waals surface area contributed by atoms with E-state index in [9.17, 15) is 0 Å². The van der Waals surface area contributed by atoms with E-state index >= 15 is 0 Å². The average Bonchev–Trinajstić information content (AvgIpc) is 3.86. The van der Waals surface area contributed by atoms with E-state index in [4.69, 9.17) is 19.0 Å². The fourth-order valence-electron chi connectivity index (χ4n) is 7.89. The molecule has 0 spiro atoms. The van der Waals surface area contributed by atoms with E-state index in [0.29, 0.717) is 34.4 Å². The van der Waals surface area contributed by atoms with E-state index in [2.05, 4.69) is 141 Å². The second-order valence-electron chi connectivity index (χ2n) is 17.5. The van der Waals surface area contributed by atoms with Gasteiger partial charge in [0.15, 0.2) is 0 Å². The Hall–Kier alpha value is -5.46. The second kappa shape index (κ2) is 18.5. The summed E-state index contributed by atoms with van der Waals surface area (Å²) < 4.78 is 64.5. The summed E-state index contributed by atoms with van der Waals surface area (Å²) in [6, 6.07) is 40.4. The molecule has 4 heterocycles. The molecule has 9 rings (SSSR count). The minimum absolute atomic E-state index is 0. The number of para-hydroxylation sites is 2. The molecular weight excluding hydrogens is 953 g/mol. The van der Waals surface area contributed by atoms with Crippen LogP contribution in [0, 0.1) is 24.9 Å². The molecule has 5 aromatic carbocycles. The molecule has 0 amide bonds. The Bertz CT molecular complexity index is 3270. The number of rotatable bonds is 9. The zero-order chi connectivity index (χ0) is 49.0. The molecule has 0 aliphatic heterocycles. The van der Waals surface area contributed by atoms with Crippen molar-refractivity contribution in [2.45, 2.75) is 86.2 Å². The first kappa shape index (κ1) is 36.1. The van der Waals surface area contributed by atoms with Crippen molar-refractivity contribution >= 4 is 46.4 Å². The third-order valence-electron chi connectivity index (χ3n) is 10.9. The summed E-state index contributed by atoms with van der Waals surface area (Å²) in [5, 5.41) is 2.93. The smallest absolute Gasteiger partial charge is 0.216 e. The molecule has 7 heteroatoms. The number of hydrogen-bond acceptors (Lipinski definition) is 4. The summed E-state index contributed by atoms with van der Waals surface area (Å²) in [7, 11) is -1.87. The van der Waals surface area contributed by atoms with E-state index in [0.717, 1.165) is 44.0 Å². The zero-order valence-electron chi connectivity index (χ0n) is 43.7.